The number of carbonyl (C=O) groups excluding carboxylic acids is 1. The quantitative estimate of drug-likeness (QED) is 0.713. The molecule has 2 heterocycles. The number of carbonyl (C=O) groups is 1. The first-order valence-corrected chi connectivity index (χ1v) is 9.41. The zero-order valence-corrected chi connectivity index (χ0v) is 16.0. The Morgan fingerprint density at radius 1 is 1.24 bits per heavy atom. The summed E-state index contributed by atoms with van der Waals surface area (Å²) in [6.07, 6.45) is 0.695. The number of hydrogen-bond donors (Lipinski definition) is 1. The van der Waals surface area contributed by atoms with Crippen LogP contribution in [0.1, 0.15) is 17.9 Å². The van der Waals surface area contributed by atoms with Gasteiger partial charge in [-0.25, -0.2) is 9.18 Å². The largest absolute Gasteiger partial charge is 0.489 e. The molecule has 29 heavy (non-hydrogen) atoms. The summed E-state index contributed by atoms with van der Waals surface area (Å²) < 4.78 is 23.9. The minimum absolute atomic E-state index is 0.0650. The van der Waals surface area contributed by atoms with Gasteiger partial charge in [0.05, 0.1) is 6.54 Å². The van der Waals surface area contributed by atoms with Crippen LogP contribution in [-0.4, -0.2) is 40.3 Å². The average molecular weight is 396 g/mol. The molecule has 0 saturated carbocycles. The summed E-state index contributed by atoms with van der Waals surface area (Å²) in [5.41, 5.74) is 1.70. The third-order valence-electron chi connectivity index (χ3n) is 4.73. The fourth-order valence-corrected chi connectivity index (χ4v) is 3.19. The van der Waals surface area contributed by atoms with E-state index >= 15 is 0 Å². The van der Waals surface area contributed by atoms with Crippen LogP contribution < -0.4 is 10.1 Å². The van der Waals surface area contributed by atoms with E-state index in [-0.39, 0.29) is 18.0 Å². The summed E-state index contributed by atoms with van der Waals surface area (Å²) >= 11 is 0. The van der Waals surface area contributed by atoms with Crippen LogP contribution in [0.2, 0.25) is 0 Å². The van der Waals surface area contributed by atoms with Gasteiger partial charge in [0.15, 0.2) is 0 Å². The number of amides is 2. The number of urea groups is 1. The minimum atomic E-state index is -0.292. The Kier molecular flexibility index (Phi) is 5.41. The molecule has 8 heteroatoms. The number of rotatable bonds is 5. The van der Waals surface area contributed by atoms with Gasteiger partial charge in [0, 0.05) is 32.0 Å². The average Bonchev–Trinajstić information content (AvgIpc) is 3.37. The molecule has 4 rings (SSSR count). The van der Waals surface area contributed by atoms with Gasteiger partial charge >= 0.3 is 6.03 Å². The van der Waals surface area contributed by atoms with Crippen LogP contribution >= 0.6 is 0 Å². The van der Waals surface area contributed by atoms with Crippen molar-refractivity contribution in [1.29, 1.82) is 0 Å². The molecular formula is C21H21FN4O3. The second-order valence-electron chi connectivity index (χ2n) is 6.92. The molecule has 7 nitrogen and oxygen atoms in total. The third-order valence-corrected chi connectivity index (χ3v) is 4.73. The number of benzene rings is 2. The van der Waals surface area contributed by atoms with Crippen LogP contribution in [0, 0.1) is 12.7 Å². The van der Waals surface area contributed by atoms with Gasteiger partial charge in [-0.3, -0.25) is 0 Å². The number of hydrogen-bond acceptors (Lipinski definition) is 5. The van der Waals surface area contributed by atoms with Gasteiger partial charge in [-0.15, -0.1) is 0 Å². The molecule has 0 aliphatic carbocycles. The van der Waals surface area contributed by atoms with Gasteiger partial charge in [0.1, 0.15) is 17.7 Å². The Morgan fingerprint density at radius 3 is 2.69 bits per heavy atom. The highest BCUT2D eigenvalue weighted by Crippen LogP contribution is 2.23. The zero-order chi connectivity index (χ0) is 20.2. The number of aromatic nitrogens is 2. The van der Waals surface area contributed by atoms with Gasteiger partial charge in [-0.2, -0.15) is 4.98 Å². The molecule has 1 aliphatic rings. The predicted molar refractivity (Wildman–Crippen MR) is 104 cm³/mol. The first-order chi connectivity index (χ1) is 14.1. The summed E-state index contributed by atoms with van der Waals surface area (Å²) in [6.45, 7) is 3.25. The van der Waals surface area contributed by atoms with E-state index in [1.54, 1.807) is 24.0 Å². The molecule has 2 aromatic carbocycles. The summed E-state index contributed by atoms with van der Waals surface area (Å²) in [7, 11) is 0. The topological polar surface area (TPSA) is 80.5 Å². The number of ether oxygens (including phenoxy) is 1. The molecule has 1 atom stereocenters. The molecule has 150 valence electrons. The number of likely N-dealkylation sites (tertiary alicyclic amines) is 1. The molecule has 0 radical (unpaired) electrons. The number of aryl methyl sites for hydroxylation is 1. The van der Waals surface area contributed by atoms with E-state index in [2.05, 4.69) is 15.5 Å². The van der Waals surface area contributed by atoms with Crippen molar-refractivity contribution in [3.8, 4) is 17.1 Å². The van der Waals surface area contributed by atoms with E-state index in [1.807, 2.05) is 24.3 Å². The van der Waals surface area contributed by atoms with Crippen LogP contribution in [0.15, 0.2) is 53.1 Å². The standard InChI is InChI=1S/C21H21FN4O3/c1-14-24-20(25-29-14)16-4-8-18(9-5-16)28-19-10-11-26(13-19)21(27)23-12-15-2-6-17(22)7-3-15/h2-9,19H,10-13H2,1H3,(H,23,27). The van der Waals surface area contributed by atoms with Crippen molar-refractivity contribution in [1.82, 2.24) is 20.4 Å². The second-order valence-corrected chi connectivity index (χ2v) is 6.92. The van der Waals surface area contributed by atoms with E-state index in [4.69, 9.17) is 9.26 Å². The van der Waals surface area contributed by atoms with E-state index in [0.717, 1.165) is 23.3 Å². The fourth-order valence-electron chi connectivity index (χ4n) is 3.19. The molecule has 1 unspecified atom stereocenters. The minimum Gasteiger partial charge on any atom is -0.489 e. The molecule has 3 aromatic rings. The van der Waals surface area contributed by atoms with Crippen LogP contribution in [0.25, 0.3) is 11.4 Å². The van der Waals surface area contributed by atoms with Gasteiger partial charge in [-0.1, -0.05) is 17.3 Å². The molecular weight excluding hydrogens is 375 g/mol. The number of nitrogens with one attached hydrogen (secondary N) is 1. The van der Waals surface area contributed by atoms with E-state index in [1.165, 1.54) is 12.1 Å². The highest BCUT2D eigenvalue weighted by molar-refractivity contribution is 5.74. The smallest absolute Gasteiger partial charge is 0.317 e. The summed E-state index contributed by atoms with van der Waals surface area (Å²) in [6, 6.07) is 13.4. The summed E-state index contributed by atoms with van der Waals surface area (Å²) in [5, 5.41) is 6.75. The monoisotopic (exact) mass is 396 g/mol. The van der Waals surface area contributed by atoms with Crippen LogP contribution in [-0.2, 0) is 6.54 Å². The van der Waals surface area contributed by atoms with Crippen LogP contribution in [0.3, 0.4) is 0 Å². The van der Waals surface area contributed by atoms with Gasteiger partial charge in [0.2, 0.25) is 11.7 Å². The van der Waals surface area contributed by atoms with Crippen molar-refractivity contribution >= 4 is 6.03 Å². The third kappa shape index (κ3) is 4.71. The Labute approximate surface area is 167 Å². The lowest BCUT2D eigenvalue weighted by molar-refractivity contribution is 0.186. The lowest BCUT2D eigenvalue weighted by Gasteiger charge is -2.18. The SMILES string of the molecule is Cc1nc(-c2ccc(OC3CCN(C(=O)NCc4ccc(F)cc4)C3)cc2)no1. The molecule has 1 aromatic heterocycles. The van der Waals surface area contributed by atoms with Gasteiger partial charge < -0.3 is 19.5 Å². The maximum absolute atomic E-state index is 12.9. The number of nitrogens with zero attached hydrogens (tertiary/aromatic N) is 3. The second kappa shape index (κ2) is 8.30. The van der Waals surface area contributed by atoms with Crippen molar-refractivity contribution in [2.75, 3.05) is 13.1 Å². The van der Waals surface area contributed by atoms with Gasteiger partial charge in [-0.05, 0) is 42.0 Å². The van der Waals surface area contributed by atoms with E-state index < -0.39 is 0 Å². The van der Waals surface area contributed by atoms with E-state index in [0.29, 0.717) is 31.3 Å². The molecule has 0 bridgehead atoms. The molecule has 1 saturated heterocycles. The molecule has 1 N–H and O–H groups in total. The van der Waals surface area contributed by atoms with Crippen LogP contribution in [0.5, 0.6) is 5.75 Å². The highest BCUT2D eigenvalue weighted by Gasteiger charge is 2.27. The highest BCUT2D eigenvalue weighted by atomic mass is 19.1. The van der Waals surface area contributed by atoms with Crippen molar-refractivity contribution in [2.45, 2.75) is 26.0 Å². The summed E-state index contributed by atoms with van der Waals surface area (Å²) in [5.74, 6) is 1.50. The lowest BCUT2D eigenvalue weighted by Crippen LogP contribution is -2.39. The molecule has 1 fully saturated rings. The Balaban J connectivity index is 1.27. The van der Waals surface area contributed by atoms with Crippen molar-refractivity contribution in [3.05, 3.63) is 65.8 Å². The maximum atomic E-state index is 12.9. The Morgan fingerprint density at radius 2 is 2.00 bits per heavy atom. The fraction of sp³-hybridized carbons (Fsp3) is 0.286. The normalized spacial score (nSPS) is 16.1. The molecule has 0 spiro atoms. The van der Waals surface area contributed by atoms with Crippen molar-refractivity contribution < 1.29 is 18.4 Å². The number of halogens is 1. The van der Waals surface area contributed by atoms with Crippen molar-refractivity contribution in [2.24, 2.45) is 0 Å². The first-order valence-electron chi connectivity index (χ1n) is 9.41. The van der Waals surface area contributed by atoms with Crippen molar-refractivity contribution in [3.63, 3.8) is 0 Å². The Bertz CT molecular complexity index is 972. The first kappa shape index (κ1) is 18.9. The molecule has 1 aliphatic heterocycles. The zero-order valence-electron chi connectivity index (χ0n) is 16.0. The van der Waals surface area contributed by atoms with Gasteiger partial charge in [0.25, 0.3) is 0 Å². The maximum Gasteiger partial charge on any atom is 0.317 e. The lowest BCUT2D eigenvalue weighted by atomic mass is 10.2. The molecule has 2 amide bonds. The van der Waals surface area contributed by atoms with Crippen LogP contribution in [0.4, 0.5) is 9.18 Å². The summed E-state index contributed by atoms with van der Waals surface area (Å²) in [4.78, 5) is 18.3. The van der Waals surface area contributed by atoms with E-state index in [9.17, 15) is 9.18 Å². The predicted octanol–water partition coefficient (Wildman–Crippen LogP) is 3.55. The Hall–Kier alpha value is -3.42.